The maximum Gasteiger partial charge on any atom is 0.308 e. The largest absolute Gasteiger partial charge is 0.469 e. The number of hydrogen-bond acceptors (Lipinski definition) is 5. The standard InChI is InChI=1S/C10H20N2O3/c1-14-10(13)7-9-8-12(4-2-3-11)5-6-15-9/h9H,2-8,11H2,1H3. The molecule has 0 bridgehead atoms. The molecule has 1 saturated heterocycles. The van der Waals surface area contributed by atoms with Crippen LogP contribution in [0.5, 0.6) is 0 Å². The third kappa shape index (κ3) is 4.59. The van der Waals surface area contributed by atoms with E-state index >= 15 is 0 Å². The van der Waals surface area contributed by atoms with Gasteiger partial charge in [-0.05, 0) is 19.5 Å². The first kappa shape index (κ1) is 12.4. The SMILES string of the molecule is COC(=O)CC1CN(CCCN)CCO1. The zero-order valence-electron chi connectivity index (χ0n) is 9.28. The molecule has 1 aliphatic heterocycles. The summed E-state index contributed by atoms with van der Waals surface area (Å²) in [5.74, 6) is -0.208. The van der Waals surface area contributed by atoms with E-state index in [9.17, 15) is 4.79 Å². The van der Waals surface area contributed by atoms with E-state index in [1.165, 1.54) is 7.11 Å². The van der Waals surface area contributed by atoms with Gasteiger partial charge in [0, 0.05) is 13.1 Å². The molecule has 0 radical (unpaired) electrons. The van der Waals surface area contributed by atoms with Gasteiger partial charge in [0.2, 0.25) is 0 Å². The topological polar surface area (TPSA) is 64.8 Å². The summed E-state index contributed by atoms with van der Waals surface area (Å²) in [6.07, 6.45) is 1.31. The molecule has 1 unspecified atom stereocenters. The van der Waals surface area contributed by atoms with Gasteiger partial charge in [-0.1, -0.05) is 0 Å². The lowest BCUT2D eigenvalue weighted by molar-refractivity contribution is -0.145. The molecular weight excluding hydrogens is 196 g/mol. The van der Waals surface area contributed by atoms with Crippen LogP contribution in [0.15, 0.2) is 0 Å². The van der Waals surface area contributed by atoms with E-state index in [0.29, 0.717) is 19.6 Å². The van der Waals surface area contributed by atoms with Crippen molar-refractivity contribution in [3.05, 3.63) is 0 Å². The van der Waals surface area contributed by atoms with Crippen molar-refractivity contribution in [1.82, 2.24) is 4.90 Å². The minimum atomic E-state index is -0.208. The second kappa shape index (κ2) is 6.76. The van der Waals surface area contributed by atoms with Gasteiger partial charge in [-0.2, -0.15) is 0 Å². The molecule has 0 aromatic carbocycles. The van der Waals surface area contributed by atoms with Crippen molar-refractivity contribution in [2.45, 2.75) is 18.9 Å². The van der Waals surface area contributed by atoms with Crippen LogP contribution in [0.4, 0.5) is 0 Å². The molecule has 5 nitrogen and oxygen atoms in total. The molecule has 1 aliphatic rings. The number of ether oxygens (including phenoxy) is 2. The first-order chi connectivity index (χ1) is 7.26. The van der Waals surface area contributed by atoms with Crippen molar-refractivity contribution < 1.29 is 14.3 Å². The molecule has 2 N–H and O–H groups in total. The van der Waals surface area contributed by atoms with Gasteiger partial charge >= 0.3 is 5.97 Å². The molecular formula is C10H20N2O3. The van der Waals surface area contributed by atoms with Crippen molar-refractivity contribution in [1.29, 1.82) is 0 Å². The minimum Gasteiger partial charge on any atom is -0.469 e. The number of carbonyl (C=O) groups excluding carboxylic acids is 1. The Morgan fingerprint density at radius 1 is 1.67 bits per heavy atom. The molecule has 1 fully saturated rings. The fourth-order valence-corrected chi connectivity index (χ4v) is 1.69. The molecule has 15 heavy (non-hydrogen) atoms. The van der Waals surface area contributed by atoms with Crippen molar-refractivity contribution >= 4 is 5.97 Å². The van der Waals surface area contributed by atoms with Gasteiger partial charge in [-0.25, -0.2) is 0 Å². The average Bonchev–Trinajstić information content (AvgIpc) is 2.26. The van der Waals surface area contributed by atoms with E-state index in [0.717, 1.165) is 26.1 Å². The van der Waals surface area contributed by atoms with Crippen LogP contribution in [0.2, 0.25) is 0 Å². The van der Waals surface area contributed by atoms with Gasteiger partial charge in [0.05, 0.1) is 26.2 Å². The van der Waals surface area contributed by atoms with E-state index in [2.05, 4.69) is 9.64 Å². The van der Waals surface area contributed by atoms with Crippen molar-refractivity contribution in [2.75, 3.05) is 39.9 Å². The number of methoxy groups -OCH3 is 1. The Labute approximate surface area is 90.5 Å². The van der Waals surface area contributed by atoms with E-state index in [1.54, 1.807) is 0 Å². The quantitative estimate of drug-likeness (QED) is 0.633. The van der Waals surface area contributed by atoms with Crippen LogP contribution in [0.1, 0.15) is 12.8 Å². The lowest BCUT2D eigenvalue weighted by atomic mass is 10.2. The van der Waals surface area contributed by atoms with Gasteiger partial charge in [-0.15, -0.1) is 0 Å². The highest BCUT2D eigenvalue weighted by Crippen LogP contribution is 2.09. The number of nitrogens with zero attached hydrogens (tertiary/aromatic N) is 1. The summed E-state index contributed by atoms with van der Waals surface area (Å²) in [6.45, 7) is 4.11. The van der Waals surface area contributed by atoms with Gasteiger partial charge in [-0.3, -0.25) is 9.69 Å². The second-order valence-corrected chi connectivity index (χ2v) is 3.72. The van der Waals surface area contributed by atoms with Crippen LogP contribution in [0, 0.1) is 0 Å². The fraction of sp³-hybridized carbons (Fsp3) is 0.900. The van der Waals surface area contributed by atoms with Gasteiger partial charge in [0.15, 0.2) is 0 Å². The Hall–Kier alpha value is -0.650. The summed E-state index contributed by atoms with van der Waals surface area (Å²) in [5, 5.41) is 0. The van der Waals surface area contributed by atoms with E-state index < -0.39 is 0 Å². The highest BCUT2D eigenvalue weighted by molar-refractivity contribution is 5.69. The maximum absolute atomic E-state index is 11.1. The Balaban J connectivity index is 2.25. The number of nitrogens with two attached hydrogens (primary N) is 1. The first-order valence-electron chi connectivity index (χ1n) is 5.37. The normalized spacial score (nSPS) is 22.7. The zero-order chi connectivity index (χ0) is 11.1. The zero-order valence-corrected chi connectivity index (χ0v) is 9.28. The summed E-state index contributed by atoms with van der Waals surface area (Å²) < 4.78 is 10.1. The van der Waals surface area contributed by atoms with E-state index in [1.807, 2.05) is 0 Å². The van der Waals surface area contributed by atoms with Crippen LogP contribution in [0.25, 0.3) is 0 Å². The van der Waals surface area contributed by atoms with Crippen LogP contribution >= 0.6 is 0 Å². The molecule has 5 heteroatoms. The summed E-state index contributed by atoms with van der Waals surface area (Å²) in [5.41, 5.74) is 5.45. The number of carbonyl (C=O) groups is 1. The Kier molecular flexibility index (Phi) is 5.60. The molecule has 1 atom stereocenters. The summed E-state index contributed by atoms with van der Waals surface area (Å²) in [4.78, 5) is 13.3. The van der Waals surface area contributed by atoms with Crippen molar-refractivity contribution in [2.24, 2.45) is 5.73 Å². The molecule has 0 amide bonds. The summed E-state index contributed by atoms with van der Waals surface area (Å²) in [7, 11) is 1.40. The van der Waals surface area contributed by atoms with Crippen LogP contribution in [-0.2, 0) is 14.3 Å². The predicted molar refractivity (Wildman–Crippen MR) is 56.5 cm³/mol. The number of esters is 1. The fourth-order valence-electron chi connectivity index (χ4n) is 1.69. The third-order valence-corrected chi connectivity index (χ3v) is 2.52. The highest BCUT2D eigenvalue weighted by atomic mass is 16.5. The van der Waals surface area contributed by atoms with E-state index in [4.69, 9.17) is 10.5 Å². The molecule has 88 valence electrons. The number of morpholine rings is 1. The van der Waals surface area contributed by atoms with Crippen molar-refractivity contribution in [3.63, 3.8) is 0 Å². The third-order valence-electron chi connectivity index (χ3n) is 2.52. The predicted octanol–water partition coefficient (Wildman–Crippen LogP) is -0.401. The summed E-state index contributed by atoms with van der Waals surface area (Å²) in [6, 6.07) is 0. The Bertz CT molecular complexity index is 199. The average molecular weight is 216 g/mol. The smallest absolute Gasteiger partial charge is 0.308 e. The molecule has 0 spiro atoms. The highest BCUT2D eigenvalue weighted by Gasteiger charge is 2.22. The molecule has 0 aromatic rings. The second-order valence-electron chi connectivity index (χ2n) is 3.72. The molecule has 0 aliphatic carbocycles. The monoisotopic (exact) mass is 216 g/mol. The lowest BCUT2D eigenvalue weighted by Crippen LogP contribution is -2.44. The van der Waals surface area contributed by atoms with Gasteiger partial charge < -0.3 is 15.2 Å². The first-order valence-corrected chi connectivity index (χ1v) is 5.37. The molecule has 1 heterocycles. The van der Waals surface area contributed by atoms with Crippen molar-refractivity contribution in [3.8, 4) is 0 Å². The maximum atomic E-state index is 11.1. The Morgan fingerprint density at radius 2 is 2.47 bits per heavy atom. The minimum absolute atomic E-state index is 0.0241. The van der Waals surface area contributed by atoms with Gasteiger partial charge in [0.1, 0.15) is 0 Å². The number of rotatable bonds is 5. The Morgan fingerprint density at radius 3 is 3.13 bits per heavy atom. The lowest BCUT2D eigenvalue weighted by Gasteiger charge is -2.32. The van der Waals surface area contributed by atoms with Crippen LogP contribution < -0.4 is 5.73 Å². The molecule has 0 aromatic heterocycles. The molecule has 0 saturated carbocycles. The van der Waals surface area contributed by atoms with Crippen LogP contribution in [-0.4, -0.2) is 56.9 Å². The molecule has 1 rings (SSSR count). The van der Waals surface area contributed by atoms with Gasteiger partial charge in [0.25, 0.3) is 0 Å². The summed E-state index contributed by atoms with van der Waals surface area (Å²) >= 11 is 0. The number of hydrogen-bond donors (Lipinski definition) is 1. The van der Waals surface area contributed by atoms with E-state index in [-0.39, 0.29) is 12.1 Å². The van der Waals surface area contributed by atoms with Crippen LogP contribution in [0.3, 0.4) is 0 Å².